The van der Waals surface area contributed by atoms with E-state index in [0.717, 1.165) is 26.2 Å². The molecule has 0 radical (unpaired) electrons. The van der Waals surface area contributed by atoms with E-state index < -0.39 is 16.4 Å². The summed E-state index contributed by atoms with van der Waals surface area (Å²) in [4.78, 5) is 27.8. The molecule has 3 aliphatic heterocycles. The lowest BCUT2D eigenvalue weighted by atomic mass is 10.3. The van der Waals surface area contributed by atoms with E-state index in [9.17, 15) is 9.59 Å². The fourth-order valence-electron chi connectivity index (χ4n) is 2.77. The van der Waals surface area contributed by atoms with Crippen molar-refractivity contribution in [3.63, 3.8) is 0 Å². The van der Waals surface area contributed by atoms with Gasteiger partial charge in [-0.05, 0) is 23.5 Å². The van der Waals surface area contributed by atoms with Gasteiger partial charge in [0.15, 0.2) is 0 Å². The summed E-state index contributed by atoms with van der Waals surface area (Å²) in [6.45, 7) is 10.8. The molecule has 6 nitrogen and oxygen atoms in total. The number of piperazine rings is 1. The lowest BCUT2D eigenvalue weighted by Gasteiger charge is -2.41. The minimum absolute atomic E-state index is 0.0652. The summed E-state index contributed by atoms with van der Waals surface area (Å²) in [5.41, 5.74) is 0. The molecule has 120 valence electrons. The van der Waals surface area contributed by atoms with Gasteiger partial charge in [-0.3, -0.25) is 19.4 Å². The molecule has 2 atom stereocenters. The molecule has 3 fully saturated rings. The zero-order valence-electron chi connectivity index (χ0n) is 12.1. The van der Waals surface area contributed by atoms with Crippen molar-refractivity contribution in [2.75, 3.05) is 26.2 Å². The van der Waals surface area contributed by atoms with E-state index >= 15 is 0 Å². The van der Waals surface area contributed by atoms with Crippen molar-refractivity contribution in [3.05, 3.63) is 25.3 Å². The zero-order chi connectivity index (χ0) is 15.7. The summed E-state index contributed by atoms with van der Waals surface area (Å²) in [5.74, 6) is -1.05. The van der Waals surface area contributed by atoms with Crippen LogP contribution in [-0.4, -0.2) is 63.1 Å². The standard InChI is InChI=1S/C14H18N2O4S2/c1-3-5-15-7-8-16(6-4-2)13-12(15)21-14(22-13)19-10(17)9-11(18)20-14/h3-4,12-13H,1-2,5-9H2. The van der Waals surface area contributed by atoms with Crippen molar-refractivity contribution in [1.82, 2.24) is 9.80 Å². The van der Waals surface area contributed by atoms with Gasteiger partial charge in [-0.15, -0.1) is 13.2 Å². The molecule has 0 aliphatic carbocycles. The fraction of sp³-hybridized carbons (Fsp3) is 0.571. The number of hydrogen-bond acceptors (Lipinski definition) is 8. The van der Waals surface area contributed by atoms with Gasteiger partial charge in [-0.25, -0.2) is 0 Å². The van der Waals surface area contributed by atoms with Gasteiger partial charge >= 0.3 is 16.4 Å². The summed E-state index contributed by atoms with van der Waals surface area (Å²) in [5, 5.41) is 0.130. The number of esters is 2. The molecule has 0 N–H and O–H groups in total. The van der Waals surface area contributed by atoms with Crippen LogP contribution in [-0.2, 0) is 19.1 Å². The van der Waals surface area contributed by atoms with E-state index in [-0.39, 0.29) is 17.2 Å². The molecule has 0 aromatic carbocycles. The fourth-order valence-corrected chi connectivity index (χ4v) is 6.33. The van der Waals surface area contributed by atoms with Gasteiger partial charge in [0.25, 0.3) is 0 Å². The van der Waals surface area contributed by atoms with Crippen LogP contribution in [0.25, 0.3) is 0 Å². The first kappa shape index (κ1) is 15.9. The number of thioether (sulfide) groups is 2. The molecule has 0 saturated carbocycles. The third-order valence-corrected chi connectivity index (χ3v) is 6.92. The molecule has 0 aromatic rings. The van der Waals surface area contributed by atoms with Gasteiger partial charge in [0.05, 0.1) is 10.7 Å². The molecule has 0 bridgehead atoms. The summed E-state index contributed by atoms with van der Waals surface area (Å²) in [6, 6.07) is 0. The van der Waals surface area contributed by atoms with Crippen LogP contribution in [0.3, 0.4) is 0 Å². The van der Waals surface area contributed by atoms with Crippen molar-refractivity contribution in [2.24, 2.45) is 0 Å². The van der Waals surface area contributed by atoms with Crippen molar-refractivity contribution in [2.45, 2.75) is 21.6 Å². The molecule has 2 unspecified atom stereocenters. The molecular weight excluding hydrogens is 324 g/mol. The highest BCUT2D eigenvalue weighted by Crippen LogP contribution is 2.57. The van der Waals surface area contributed by atoms with Crippen LogP contribution >= 0.6 is 23.5 Å². The first-order valence-electron chi connectivity index (χ1n) is 7.06. The summed E-state index contributed by atoms with van der Waals surface area (Å²) in [6.07, 6.45) is 3.40. The molecule has 0 amide bonds. The Bertz CT molecular complexity index is 469. The lowest BCUT2D eigenvalue weighted by molar-refractivity contribution is -0.193. The Morgan fingerprint density at radius 1 is 1.05 bits per heavy atom. The first-order chi connectivity index (χ1) is 10.6. The Morgan fingerprint density at radius 2 is 1.50 bits per heavy atom. The Kier molecular flexibility index (Phi) is 4.54. The van der Waals surface area contributed by atoms with Crippen LogP contribution in [0.4, 0.5) is 0 Å². The van der Waals surface area contributed by atoms with Gasteiger partial charge in [0, 0.05) is 26.2 Å². The average Bonchev–Trinajstić information content (AvgIpc) is 2.79. The number of carbonyl (C=O) groups is 2. The number of ether oxygens (including phenoxy) is 2. The van der Waals surface area contributed by atoms with Crippen molar-refractivity contribution in [1.29, 1.82) is 0 Å². The Labute approximate surface area is 137 Å². The molecule has 22 heavy (non-hydrogen) atoms. The van der Waals surface area contributed by atoms with E-state index in [0.29, 0.717) is 0 Å². The summed E-state index contributed by atoms with van der Waals surface area (Å²) < 4.78 is 9.52. The van der Waals surface area contributed by atoms with E-state index in [4.69, 9.17) is 9.47 Å². The number of hydrogen-bond donors (Lipinski definition) is 0. The van der Waals surface area contributed by atoms with E-state index in [2.05, 4.69) is 23.0 Å². The van der Waals surface area contributed by atoms with Crippen LogP contribution in [0, 0.1) is 0 Å². The smallest absolute Gasteiger partial charge is 0.361 e. The maximum Gasteiger partial charge on any atom is 0.361 e. The minimum atomic E-state index is -1.26. The van der Waals surface area contributed by atoms with Crippen molar-refractivity contribution in [3.8, 4) is 0 Å². The Hall–Kier alpha value is -0.960. The van der Waals surface area contributed by atoms with Crippen LogP contribution in [0.2, 0.25) is 0 Å². The predicted octanol–water partition coefficient (Wildman–Crippen LogP) is 1.21. The molecular formula is C14H18N2O4S2. The van der Waals surface area contributed by atoms with Crippen molar-refractivity contribution < 1.29 is 19.1 Å². The minimum Gasteiger partial charge on any atom is -0.403 e. The average molecular weight is 342 g/mol. The van der Waals surface area contributed by atoms with Gasteiger partial charge in [0.2, 0.25) is 0 Å². The zero-order valence-corrected chi connectivity index (χ0v) is 13.7. The summed E-state index contributed by atoms with van der Waals surface area (Å²) >= 11 is 2.76. The number of fused-ring (bicyclic) bond motifs is 1. The van der Waals surface area contributed by atoms with Crippen LogP contribution in [0.1, 0.15) is 6.42 Å². The molecule has 0 aromatic heterocycles. The van der Waals surface area contributed by atoms with E-state index in [1.54, 1.807) is 0 Å². The largest absolute Gasteiger partial charge is 0.403 e. The Morgan fingerprint density at radius 3 is 1.91 bits per heavy atom. The topological polar surface area (TPSA) is 59.1 Å². The van der Waals surface area contributed by atoms with Crippen LogP contribution in [0.15, 0.2) is 25.3 Å². The van der Waals surface area contributed by atoms with Gasteiger partial charge in [-0.1, -0.05) is 12.2 Å². The predicted molar refractivity (Wildman–Crippen MR) is 85.8 cm³/mol. The van der Waals surface area contributed by atoms with Crippen molar-refractivity contribution >= 4 is 35.5 Å². The third-order valence-electron chi connectivity index (χ3n) is 3.66. The maximum atomic E-state index is 11.6. The SMILES string of the molecule is C=CCN1CCN(CC=C)C2SC3(OC(=O)CC(=O)O3)SC21. The molecule has 1 spiro atoms. The number of nitrogens with zero attached hydrogens (tertiary/aromatic N) is 2. The quantitative estimate of drug-likeness (QED) is 0.429. The lowest BCUT2D eigenvalue weighted by Crippen LogP contribution is -2.55. The second-order valence-corrected chi connectivity index (χ2v) is 7.98. The second-order valence-electron chi connectivity index (χ2n) is 5.21. The molecule has 3 rings (SSSR count). The highest BCUT2D eigenvalue weighted by atomic mass is 32.2. The van der Waals surface area contributed by atoms with Gasteiger partial charge in [-0.2, -0.15) is 0 Å². The molecule has 8 heteroatoms. The van der Waals surface area contributed by atoms with Crippen LogP contribution < -0.4 is 0 Å². The monoisotopic (exact) mass is 342 g/mol. The van der Waals surface area contributed by atoms with Gasteiger partial charge < -0.3 is 9.47 Å². The van der Waals surface area contributed by atoms with E-state index in [1.807, 2.05) is 12.2 Å². The summed E-state index contributed by atoms with van der Waals surface area (Å²) in [7, 11) is 0. The number of rotatable bonds is 4. The second kappa shape index (κ2) is 6.27. The Balaban J connectivity index is 1.84. The number of carbonyl (C=O) groups excluding carboxylic acids is 2. The molecule has 3 heterocycles. The van der Waals surface area contributed by atoms with Crippen LogP contribution in [0.5, 0.6) is 0 Å². The first-order valence-corrected chi connectivity index (χ1v) is 8.82. The molecule has 3 saturated heterocycles. The highest BCUT2D eigenvalue weighted by Gasteiger charge is 2.59. The van der Waals surface area contributed by atoms with Gasteiger partial charge in [0.1, 0.15) is 6.42 Å². The maximum absolute atomic E-state index is 11.6. The van der Waals surface area contributed by atoms with E-state index in [1.165, 1.54) is 23.5 Å². The normalized spacial score (nSPS) is 31.5. The molecule has 3 aliphatic rings. The highest BCUT2D eigenvalue weighted by molar-refractivity contribution is 8.21. The third kappa shape index (κ3) is 2.92.